The van der Waals surface area contributed by atoms with Crippen molar-refractivity contribution in [2.75, 3.05) is 5.32 Å². The van der Waals surface area contributed by atoms with E-state index in [0.29, 0.717) is 6.04 Å². The maximum absolute atomic E-state index is 13.2. The molecule has 0 saturated carbocycles. The molecule has 108 valence electrons. The number of aryl methyl sites for hydroxylation is 1. The number of hydrogen-bond acceptors (Lipinski definition) is 3. The second kappa shape index (κ2) is 5.61. The molecule has 2 heterocycles. The largest absolute Gasteiger partial charge is 0.375 e. The monoisotopic (exact) mass is 276 g/mol. The fourth-order valence-electron chi connectivity index (χ4n) is 2.34. The molecule has 5 heteroatoms. The van der Waals surface area contributed by atoms with Crippen LogP contribution in [0.1, 0.15) is 49.8 Å². The Bertz CT molecular complexity index is 604. The van der Waals surface area contributed by atoms with Gasteiger partial charge >= 0.3 is 0 Å². The Balaban J connectivity index is 2.26. The van der Waals surface area contributed by atoms with Crippen molar-refractivity contribution in [3.8, 4) is 0 Å². The normalized spacial score (nSPS) is 12.8. The summed E-state index contributed by atoms with van der Waals surface area (Å²) in [5.74, 6) is -0.317. The zero-order chi connectivity index (χ0) is 14.9. The molecule has 1 unspecified atom stereocenters. The molecule has 2 rings (SSSR count). The lowest BCUT2D eigenvalue weighted by Crippen LogP contribution is -2.09. The van der Waals surface area contributed by atoms with Crippen molar-refractivity contribution in [2.24, 2.45) is 0 Å². The first-order chi connectivity index (χ1) is 9.40. The van der Waals surface area contributed by atoms with Crippen LogP contribution in [-0.2, 0) is 0 Å². The Hall–Kier alpha value is -1.91. The Morgan fingerprint density at radius 2 is 1.90 bits per heavy atom. The molecule has 1 atom stereocenters. The summed E-state index contributed by atoms with van der Waals surface area (Å²) in [5, 5.41) is 7.95. The van der Waals surface area contributed by atoms with Crippen LogP contribution in [0.2, 0.25) is 0 Å². The van der Waals surface area contributed by atoms with Crippen LogP contribution in [0.3, 0.4) is 0 Å². The van der Waals surface area contributed by atoms with E-state index in [0.717, 1.165) is 22.6 Å². The molecule has 0 aliphatic carbocycles. The van der Waals surface area contributed by atoms with Gasteiger partial charge in [-0.3, -0.25) is 9.67 Å². The van der Waals surface area contributed by atoms with Crippen LogP contribution in [0.5, 0.6) is 0 Å². The van der Waals surface area contributed by atoms with Gasteiger partial charge in [0.25, 0.3) is 0 Å². The predicted molar refractivity (Wildman–Crippen MR) is 78.3 cm³/mol. The summed E-state index contributed by atoms with van der Waals surface area (Å²) >= 11 is 0. The summed E-state index contributed by atoms with van der Waals surface area (Å²) < 4.78 is 15.2. The summed E-state index contributed by atoms with van der Waals surface area (Å²) in [7, 11) is 0. The highest BCUT2D eigenvalue weighted by atomic mass is 19.1. The molecule has 0 radical (unpaired) electrons. The van der Waals surface area contributed by atoms with Crippen LogP contribution >= 0.6 is 0 Å². The van der Waals surface area contributed by atoms with Gasteiger partial charge in [0.05, 0.1) is 29.3 Å². The SMILES string of the molecule is Cc1nn(C(C)C)c(C)c1NC(C)c1cncc(F)c1. The smallest absolute Gasteiger partial charge is 0.141 e. The zero-order valence-electron chi connectivity index (χ0n) is 12.6. The molecule has 0 aliphatic rings. The van der Waals surface area contributed by atoms with Crippen LogP contribution < -0.4 is 5.32 Å². The number of anilines is 1. The fraction of sp³-hybridized carbons (Fsp3) is 0.467. The first-order valence-electron chi connectivity index (χ1n) is 6.82. The van der Waals surface area contributed by atoms with E-state index in [2.05, 4.69) is 29.2 Å². The highest BCUT2D eigenvalue weighted by Crippen LogP contribution is 2.26. The van der Waals surface area contributed by atoms with Gasteiger partial charge in [-0.1, -0.05) is 0 Å². The molecule has 0 bridgehead atoms. The van der Waals surface area contributed by atoms with Gasteiger partial charge in [0.2, 0.25) is 0 Å². The molecule has 4 nitrogen and oxygen atoms in total. The molecule has 0 spiro atoms. The third-order valence-corrected chi connectivity index (χ3v) is 3.40. The van der Waals surface area contributed by atoms with Gasteiger partial charge in [0, 0.05) is 12.2 Å². The number of pyridine rings is 1. The highest BCUT2D eigenvalue weighted by molar-refractivity contribution is 5.53. The summed E-state index contributed by atoms with van der Waals surface area (Å²) in [5.41, 5.74) is 3.87. The number of nitrogens with one attached hydrogen (secondary N) is 1. The van der Waals surface area contributed by atoms with Crippen molar-refractivity contribution >= 4 is 5.69 Å². The van der Waals surface area contributed by atoms with E-state index < -0.39 is 0 Å². The molecule has 0 aromatic carbocycles. The van der Waals surface area contributed by atoms with Crippen LogP contribution in [0.4, 0.5) is 10.1 Å². The van der Waals surface area contributed by atoms with E-state index in [-0.39, 0.29) is 11.9 Å². The zero-order valence-corrected chi connectivity index (χ0v) is 12.6. The second-order valence-electron chi connectivity index (χ2n) is 5.39. The number of halogens is 1. The van der Waals surface area contributed by atoms with Crippen molar-refractivity contribution in [1.82, 2.24) is 14.8 Å². The van der Waals surface area contributed by atoms with Crippen molar-refractivity contribution in [2.45, 2.75) is 46.7 Å². The number of hydrogen-bond donors (Lipinski definition) is 1. The molecule has 0 fully saturated rings. The van der Waals surface area contributed by atoms with Crippen molar-refractivity contribution in [3.05, 3.63) is 41.2 Å². The minimum atomic E-state index is -0.317. The Morgan fingerprint density at radius 1 is 1.20 bits per heavy atom. The third kappa shape index (κ3) is 2.81. The summed E-state index contributed by atoms with van der Waals surface area (Å²) in [6.07, 6.45) is 2.89. The molecular weight excluding hydrogens is 255 g/mol. The van der Waals surface area contributed by atoms with Gasteiger partial charge in [-0.05, 0) is 46.2 Å². The lowest BCUT2D eigenvalue weighted by molar-refractivity contribution is 0.516. The molecule has 2 aromatic heterocycles. The van der Waals surface area contributed by atoms with Crippen molar-refractivity contribution in [3.63, 3.8) is 0 Å². The quantitative estimate of drug-likeness (QED) is 0.924. The van der Waals surface area contributed by atoms with Crippen molar-refractivity contribution in [1.29, 1.82) is 0 Å². The fourth-order valence-corrected chi connectivity index (χ4v) is 2.34. The molecule has 2 aromatic rings. The maximum atomic E-state index is 13.2. The number of nitrogens with zero attached hydrogens (tertiary/aromatic N) is 3. The van der Waals surface area contributed by atoms with E-state index in [1.807, 2.05) is 25.5 Å². The lowest BCUT2D eigenvalue weighted by atomic mass is 10.1. The predicted octanol–water partition coefficient (Wildman–Crippen LogP) is 3.79. The van der Waals surface area contributed by atoms with E-state index >= 15 is 0 Å². The van der Waals surface area contributed by atoms with Crippen molar-refractivity contribution < 1.29 is 4.39 Å². The van der Waals surface area contributed by atoms with Gasteiger partial charge < -0.3 is 5.32 Å². The van der Waals surface area contributed by atoms with Crippen LogP contribution in [0.15, 0.2) is 18.5 Å². The molecule has 0 saturated heterocycles. The minimum absolute atomic E-state index is 0.0274. The molecule has 0 amide bonds. The minimum Gasteiger partial charge on any atom is -0.375 e. The standard InChI is InChI=1S/C15H21FN4/c1-9(2)20-12(5)15(11(4)19-20)18-10(3)13-6-14(16)8-17-7-13/h6-10,18H,1-5H3. The number of rotatable bonds is 4. The molecule has 1 N–H and O–H groups in total. The molecule has 0 aliphatic heterocycles. The van der Waals surface area contributed by atoms with Crippen LogP contribution in [0.25, 0.3) is 0 Å². The summed E-state index contributed by atoms with van der Waals surface area (Å²) in [6, 6.07) is 1.79. The van der Waals surface area contributed by atoms with E-state index in [9.17, 15) is 4.39 Å². The van der Waals surface area contributed by atoms with E-state index in [4.69, 9.17) is 0 Å². The first kappa shape index (κ1) is 14.5. The Kier molecular flexibility index (Phi) is 4.06. The highest BCUT2D eigenvalue weighted by Gasteiger charge is 2.16. The summed E-state index contributed by atoms with van der Waals surface area (Å²) in [4.78, 5) is 3.89. The van der Waals surface area contributed by atoms with Crippen LogP contribution in [-0.4, -0.2) is 14.8 Å². The molecular formula is C15H21FN4. The lowest BCUT2D eigenvalue weighted by Gasteiger charge is -2.16. The number of aromatic nitrogens is 3. The summed E-state index contributed by atoms with van der Waals surface area (Å²) in [6.45, 7) is 10.2. The van der Waals surface area contributed by atoms with Gasteiger partial charge in [-0.25, -0.2) is 4.39 Å². The topological polar surface area (TPSA) is 42.7 Å². The van der Waals surface area contributed by atoms with Gasteiger partial charge in [0.1, 0.15) is 5.82 Å². The Labute approximate surface area is 119 Å². The average Bonchev–Trinajstić information content (AvgIpc) is 2.67. The van der Waals surface area contributed by atoms with E-state index in [1.54, 1.807) is 6.20 Å². The van der Waals surface area contributed by atoms with Gasteiger partial charge in [0.15, 0.2) is 0 Å². The molecule has 20 heavy (non-hydrogen) atoms. The third-order valence-electron chi connectivity index (χ3n) is 3.40. The van der Waals surface area contributed by atoms with E-state index in [1.165, 1.54) is 12.3 Å². The van der Waals surface area contributed by atoms with Gasteiger partial charge in [-0.2, -0.15) is 5.10 Å². The Morgan fingerprint density at radius 3 is 2.45 bits per heavy atom. The second-order valence-corrected chi connectivity index (χ2v) is 5.39. The maximum Gasteiger partial charge on any atom is 0.141 e. The van der Waals surface area contributed by atoms with Gasteiger partial charge in [-0.15, -0.1) is 0 Å². The van der Waals surface area contributed by atoms with Crippen LogP contribution in [0, 0.1) is 19.7 Å². The average molecular weight is 276 g/mol. The first-order valence-corrected chi connectivity index (χ1v) is 6.82.